The third kappa shape index (κ3) is 1.97. The van der Waals surface area contributed by atoms with Gasteiger partial charge >= 0.3 is 0 Å². The summed E-state index contributed by atoms with van der Waals surface area (Å²) < 4.78 is 4.64. The maximum Gasteiger partial charge on any atom is 0.104 e. The number of halogens is 2. The SMILES string of the molecule is CC1CCC2=C(C1)N1C(Br)=CN=CC1c1cccc3c(Br)cn2c13. The number of benzene rings is 1. The topological polar surface area (TPSA) is 20.5 Å². The molecule has 0 amide bonds. The quantitative estimate of drug-likeness (QED) is 0.452. The van der Waals surface area contributed by atoms with Gasteiger partial charge in [-0.25, -0.2) is 0 Å². The largest absolute Gasteiger partial charge is 0.324 e. The minimum absolute atomic E-state index is 0.145. The van der Waals surface area contributed by atoms with E-state index in [9.17, 15) is 0 Å². The van der Waals surface area contributed by atoms with E-state index in [-0.39, 0.29) is 6.04 Å². The lowest BCUT2D eigenvalue weighted by molar-refractivity contribution is 0.359. The van der Waals surface area contributed by atoms with Crippen molar-refractivity contribution in [2.75, 3.05) is 0 Å². The number of hydrogen-bond acceptors (Lipinski definition) is 2. The summed E-state index contributed by atoms with van der Waals surface area (Å²) >= 11 is 7.53. The Morgan fingerprint density at radius 2 is 2.08 bits per heavy atom. The molecule has 0 bridgehead atoms. The van der Waals surface area contributed by atoms with Gasteiger partial charge in [-0.05, 0) is 57.0 Å². The van der Waals surface area contributed by atoms with E-state index in [2.05, 4.69) is 83.9 Å². The number of hydrogen-bond donors (Lipinski definition) is 0. The van der Waals surface area contributed by atoms with Gasteiger partial charge < -0.3 is 9.47 Å². The van der Waals surface area contributed by atoms with Gasteiger partial charge in [-0.15, -0.1) is 0 Å². The molecule has 3 aliphatic rings. The number of rotatable bonds is 0. The van der Waals surface area contributed by atoms with Crippen LogP contribution in [0.2, 0.25) is 0 Å². The van der Waals surface area contributed by atoms with Crippen LogP contribution in [0.4, 0.5) is 0 Å². The highest BCUT2D eigenvalue weighted by molar-refractivity contribution is 9.11. The summed E-state index contributed by atoms with van der Waals surface area (Å²) in [4.78, 5) is 6.93. The molecule has 3 heterocycles. The molecule has 0 spiro atoms. The summed E-state index contributed by atoms with van der Waals surface area (Å²) in [7, 11) is 0. The zero-order valence-corrected chi connectivity index (χ0v) is 16.5. The second-order valence-electron chi connectivity index (χ2n) is 6.90. The molecule has 5 rings (SSSR count). The lowest BCUT2D eigenvalue weighted by Gasteiger charge is -2.37. The van der Waals surface area contributed by atoms with Gasteiger partial charge in [0.25, 0.3) is 0 Å². The molecule has 2 unspecified atom stereocenters. The molecule has 1 aromatic heterocycles. The molecule has 0 saturated carbocycles. The Bertz CT molecular complexity index is 951. The first-order chi connectivity index (χ1) is 11.6. The highest BCUT2D eigenvalue weighted by Crippen LogP contribution is 2.47. The zero-order valence-electron chi connectivity index (χ0n) is 13.3. The van der Waals surface area contributed by atoms with Crippen molar-refractivity contribution in [1.82, 2.24) is 9.47 Å². The van der Waals surface area contributed by atoms with E-state index < -0.39 is 0 Å². The number of allylic oxidation sites excluding steroid dienone is 2. The normalized spacial score (nSPS) is 25.5. The second-order valence-corrected chi connectivity index (χ2v) is 8.56. The summed E-state index contributed by atoms with van der Waals surface area (Å²) in [6, 6.07) is 6.73. The highest BCUT2D eigenvalue weighted by Gasteiger charge is 2.35. The molecule has 122 valence electrons. The zero-order chi connectivity index (χ0) is 16.4. The van der Waals surface area contributed by atoms with Gasteiger partial charge in [0.05, 0.1) is 17.8 Å². The third-order valence-corrected chi connectivity index (χ3v) is 6.59. The minimum Gasteiger partial charge on any atom is -0.324 e. The van der Waals surface area contributed by atoms with Crippen LogP contribution in [0.5, 0.6) is 0 Å². The van der Waals surface area contributed by atoms with E-state index in [1.807, 2.05) is 6.20 Å². The predicted molar refractivity (Wildman–Crippen MR) is 106 cm³/mol. The lowest BCUT2D eigenvalue weighted by Crippen LogP contribution is -2.30. The molecule has 0 saturated heterocycles. The fraction of sp³-hybridized carbons (Fsp3) is 0.316. The maximum atomic E-state index is 4.49. The third-order valence-electron chi connectivity index (χ3n) is 5.37. The van der Waals surface area contributed by atoms with Crippen molar-refractivity contribution in [3.63, 3.8) is 0 Å². The van der Waals surface area contributed by atoms with E-state index in [0.29, 0.717) is 5.92 Å². The van der Waals surface area contributed by atoms with Gasteiger partial charge in [-0.1, -0.05) is 25.1 Å². The van der Waals surface area contributed by atoms with Crippen molar-refractivity contribution >= 4 is 54.7 Å². The first-order valence-corrected chi connectivity index (χ1v) is 9.94. The van der Waals surface area contributed by atoms with Gasteiger partial charge in [0.15, 0.2) is 0 Å². The molecule has 2 atom stereocenters. The lowest BCUT2D eigenvalue weighted by atomic mass is 9.90. The minimum atomic E-state index is 0.145. The van der Waals surface area contributed by atoms with Crippen molar-refractivity contribution in [3.8, 4) is 0 Å². The first kappa shape index (κ1) is 15.0. The Labute approximate surface area is 158 Å². The van der Waals surface area contributed by atoms with Crippen molar-refractivity contribution < 1.29 is 0 Å². The van der Waals surface area contributed by atoms with E-state index in [1.165, 1.54) is 38.8 Å². The van der Waals surface area contributed by atoms with Crippen LogP contribution in [0, 0.1) is 5.92 Å². The standard InChI is InChI=1S/C19H17Br2N3/c1-11-5-6-15-16(7-11)24-17(8-22-9-18(24)21)13-4-2-3-12-14(20)10-23(15)19(12)13/h2-4,8-11,17H,5-7H2,1H3. The van der Waals surface area contributed by atoms with Crippen LogP contribution in [0.1, 0.15) is 37.8 Å². The van der Waals surface area contributed by atoms with Crippen LogP contribution >= 0.6 is 31.9 Å². The number of aliphatic imine (C=N–C) groups is 1. The van der Waals surface area contributed by atoms with E-state index in [4.69, 9.17) is 0 Å². The van der Waals surface area contributed by atoms with Crippen molar-refractivity contribution in [2.24, 2.45) is 10.9 Å². The molecule has 24 heavy (non-hydrogen) atoms. The van der Waals surface area contributed by atoms with Crippen LogP contribution in [0.15, 0.2) is 50.4 Å². The molecule has 0 radical (unpaired) electrons. The summed E-state index contributed by atoms with van der Waals surface area (Å²) in [6.45, 7) is 2.35. The fourth-order valence-electron chi connectivity index (χ4n) is 4.26. The van der Waals surface area contributed by atoms with Gasteiger partial charge in [0.1, 0.15) is 4.61 Å². The number of fused-ring (bicyclic) bond motifs is 4. The molecule has 0 fully saturated rings. The number of para-hydroxylation sites is 1. The fourth-order valence-corrected chi connectivity index (χ4v) is 5.34. The molecule has 1 aliphatic carbocycles. The Morgan fingerprint density at radius 1 is 1.21 bits per heavy atom. The van der Waals surface area contributed by atoms with Crippen LogP contribution in [0.25, 0.3) is 16.6 Å². The first-order valence-electron chi connectivity index (χ1n) is 8.35. The molecular weight excluding hydrogens is 430 g/mol. The molecule has 2 aliphatic heterocycles. The van der Waals surface area contributed by atoms with Crippen LogP contribution in [-0.4, -0.2) is 15.7 Å². The maximum absolute atomic E-state index is 4.49. The Hall–Kier alpha value is -1.33. The van der Waals surface area contributed by atoms with E-state index in [0.717, 1.165) is 17.4 Å². The van der Waals surface area contributed by atoms with Gasteiger partial charge in [-0.2, -0.15) is 0 Å². The van der Waals surface area contributed by atoms with Gasteiger partial charge in [-0.3, -0.25) is 4.99 Å². The molecule has 5 heteroatoms. The van der Waals surface area contributed by atoms with Gasteiger partial charge in [0, 0.05) is 39.2 Å². The van der Waals surface area contributed by atoms with Gasteiger partial charge in [0.2, 0.25) is 0 Å². The highest BCUT2D eigenvalue weighted by atomic mass is 79.9. The summed E-state index contributed by atoms with van der Waals surface area (Å²) in [5, 5.41) is 1.28. The van der Waals surface area contributed by atoms with Crippen LogP contribution < -0.4 is 0 Å². The second kappa shape index (κ2) is 5.33. The monoisotopic (exact) mass is 445 g/mol. The summed E-state index contributed by atoms with van der Waals surface area (Å²) in [6.07, 6.45) is 9.69. The molecule has 0 N–H and O–H groups in total. The molecule has 3 nitrogen and oxygen atoms in total. The number of aromatic nitrogens is 1. The molecule has 2 aromatic rings. The molecule has 1 aromatic carbocycles. The smallest absolute Gasteiger partial charge is 0.104 e. The Balaban J connectivity index is 1.89. The van der Waals surface area contributed by atoms with Crippen molar-refractivity contribution in [3.05, 3.63) is 50.9 Å². The Morgan fingerprint density at radius 3 is 2.96 bits per heavy atom. The van der Waals surface area contributed by atoms with E-state index >= 15 is 0 Å². The molecular formula is C19H17Br2N3. The Kier molecular flexibility index (Phi) is 3.33. The average molecular weight is 447 g/mol. The van der Waals surface area contributed by atoms with Crippen LogP contribution in [-0.2, 0) is 0 Å². The van der Waals surface area contributed by atoms with E-state index in [1.54, 1.807) is 0 Å². The van der Waals surface area contributed by atoms with Crippen molar-refractivity contribution in [1.29, 1.82) is 0 Å². The number of nitrogens with zero attached hydrogens (tertiary/aromatic N) is 3. The predicted octanol–water partition coefficient (Wildman–Crippen LogP) is 6.03. The van der Waals surface area contributed by atoms with Crippen molar-refractivity contribution in [2.45, 2.75) is 32.2 Å². The summed E-state index contributed by atoms with van der Waals surface area (Å²) in [5.41, 5.74) is 5.48. The van der Waals surface area contributed by atoms with Crippen LogP contribution in [0.3, 0.4) is 0 Å². The summed E-state index contributed by atoms with van der Waals surface area (Å²) in [5.74, 6) is 0.708. The average Bonchev–Trinajstić information content (AvgIpc) is 2.86.